The molecule has 0 aliphatic heterocycles. The lowest BCUT2D eigenvalue weighted by Crippen LogP contribution is -2.08. The fourth-order valence-corrected chi connectivity index (χ4v) is 3.66. The molecule has 4 heterocycles. The molecule has 0 aromatic carbocycles. The van der Waals surface area contributed by atoms with Crippen LogP contribution < -0.4 is 5.32 Å². The van der Waals surface area contributed by atoms with E-state index in [0.29, 0.717) is 17.1 Å². The summed E-state index contributed by atoms with van der Waals surface area (Å²) in [4.78, 5) is 20.4. The van der Waals surface area contributed by atoms with E-state index >= 15 is 0 Å². The molecule has 1 N–H and O–H groups in total. The monoisotopic (exact) mass is 506 g/mol. The second-order valence-electron chi connectivity index (χ2n) is 8.10. The van der Waals surface area contributed by atoms with Gasteiger partial charge in [0.1, 0.15) is 23.0 Å². The molecule has 0 saturated carbocycles. The minimum atomic E-state index is -4.64. The van der Waals surface area contributed by atoms with Crippen molar-refractivity contribution in [1.29, 1.82) is 0 Å². The smallest absolute Gasteiger partial charge is 0.365 e. The summed E-state index contributed by atoms with van der Waals surface area (Å²) in [6.07, 6.45) is 4.61. The number of fused-ring (bicyclic) bond motifs is 1. The van der Waals surface area contributed by atoms with Crippen molar-refractivity contribution in [2.24, 2.45) is 4.99 Å². The molecular weight excluding hydrogens is 484 g/mol. The molecule has 0 atom stereocenters. The largest absolute Gasteiger partial charge is 0.433 e. The maximum Gasteiger partial charge on any atom is 0.433 e. The minimum absolute atomic E-state index is 0.00921. The molecule has 0 fully saturated rings. The second kappa shape index (κ2) is 10.7. The predicted molar refractivity (Wildman–Crippen MR) is 136 cm³/mol. The zero-order valence-corrected chi connectivity index (χ0v) is 20.0. The first-order valence-electron chi connectivity index (χ1n) is 11.2. The maximum atomic E-state index is 14.8. The lowest BCUT2D eigenvalue weighted by molar-refractivity contribution is -0.141. The standard InChI is InChI=1S/C27H22F4N6/c1-4-32-17(3)9-16(2)23-11-19-5-8-34-26(21(19)15-35-23)37-14-18-10-22(28)25(36-13-18)20-6-7-33-24(12-20)27(29,30)31/h4-13,15H,2,14H2,1,3H3,(H,34,37)/b17-9-,32-4-. The van der Waals surface area contributed by atoms with Gasteiger partial charge in [0.25, 0.3) is 0 Å². The summed E-state index contributed by atoms with van der Waals surface area (Å²) in [5, 5.41) is 4.79. The Bertz CT molecular complexity index is 1530. The highest BCUT2D eigenvalue weighted by Gasteiger charge is 2.32. The molecule has 0 unspecified atom stereocenters. The van der Waals surface area contributed by atoms with Crippen molar-refractivity contribution in [3.8, 4) is 11.3 Å². The molecule has 188 valence electrons. The molecule has 4 aromatic heterocycles. The third-order valence-electron chi connectivity index (χ3n) is 5.38. The van der Waals surface area contributed by atoms with Crippen molar-refractivity contribution in [3.05, 3.63) is 96.2 Å². The van der Waals surface area contributed by atoms with Gasteiger partial charge in [-0.3, -0.25) is 19.9 Å². The van der Waals surface area contributed by atoms with Crippen LogP contribution in [-0.2, 0) is 12.7 Å². The highest BCUT2D eigenvalue weighted by molar-refractivity contribution is 5.93. The van der Waals surface area contributed by atoms with Crippen LogP contribution in [-0.4, -0.2) is 26.2 Å². The summed E-state index contributed by atoms with van der Waals surface area (Å²) in [6.45, 7) is 7.96. The van der Waals surface area contributed by atoms with Gasteiger partial charge >= 0.3 is 6.18 Å². The number of allylic oxidation sites excluding steroid dienone is 3. The Labute approximate surface area is 210 Å². The number of halogens is 4. The zero-order valence-electron chi connectivity index (χ0n) is 20.0. The van der Waals surface area contributed by atoms with Crippen LogP contribution in [0.5, 0.6) is 0 Å². The van der Waals surface area contributed by atoms with E-state index in [2.05, 4.69) is 36.8 Å². The number of hydrogen-bond donors (Lipinski definition) is 1. The van der Waals surface area contributed by atoms with Crippen molar-refractivity contribution in [2.75, 3.05) is 5.32 Å². The van der Waals surface area contributed by atoms with E-state index in [1.807, 2.05) is 32.1 Å². The van der Waals surface area contributed by atoms with E-state index in [1.54, 1.807) is 18.6 Å². The Kier molecular flexibility index (Phi) is 7.37. The SMILES string of the molecule is C=C(/C=C(C)\N=C/C)c1cc2ccnc(NCc3cnc(-c4ccnc(C(F)(F)F)c4)c(F)c3)c2cn1. The Balaban J connectivity index is 1.53. The number of rotatable bonds is 7. The maximum absolute atomic E-state index is 14.8. The highest BCUT2D eigenvalue weighted by atomic mass is 19.4. The summed E-state index contributed by atoms with van der Waals surface area (Å²) in [7, 11) is 0. The molecule has 0 saturated heterocycles. The highest BCUT2D eigenvalue weighted by Crippen LogP contribution is 2.31. The summed E-state index contributed by atoms with van der Waals surface area (Å²) in [5.74, 6) is -0.206. The molecule has 0 amide bonds. The average molecular weight is 507 g/mol. The number of pyridine rings is 4. The van der Waals surface area contributed by atoms with Gasteiger partial charge in [0.05, 0.1) is 5.69 Å². The van der Waals surface area contributed by atoms with E-state index in [-0.39, 0.29) is 17.8 Å². The predicted octanol–water partition coefficient (Wildman–Crippen LogP) is 6.86. The molecule has 37 heavy (non-hydrogen) atoms. The van der Waals surface area contributed by atoms with Gasteiger partial charge in [-0.05, 0) is 66.8 Å². The lowest BCUT2D eigenvalue weighted by atomic mass is 10.1. The molecule has 0 bridgehead atoms. The lowest BCUT2D eigenvalue weighted by Gasteiger charge is -2.11. The van der Waals surface area contributed by atoms with Crippen molar-refractivity contribution >= 4 is 28.4 Å². The number of aliphatic imine (C=N–C) groups is 1. The third kappa shape index (κ3) is 6.03. The van der Waals surface area contributed by atoms with Gasteiger partial charge in [-0.1, -0.05) is 6.58 Å². The van der Waals surface area contributed by atoms with Crippen molar-refractivity contribution < 1.29 is 17.6 Å². The summed E-state index contributed by atoms with van der Waals surface area (Å²) in [5.41, 5.74) is 1.40. The molecular formula is C27H22F4N6. The molecule has 0 aliphatic carbocycles. The Morgan fingerprint density at radius 2 is 1.84 bits per heavy atom. The number of hydrogen-bond acceptors (Lipinski definition) is 6. The number of aromatic nitrogens is 4. The number of nitrogens with one attached hydrogen (secondary N) is 1. The van der Waals surface area contributed by atoms with Gasteiger partial charge in [-0.2, -0.15) is 13.2 Å². The number of anilines is 1. The van der Waals surface area contributed by atoms with Crippen molar-refractivity contribution in [3.63, 3.8) is 0 Å². The quantitative estimate of drug-likeness (QED) is 0.168. The summed E-state index contributed by atoms with van der Waals surface area (Å²) >= 11 is 0. The molecule has 10 heteroatoms. The van der Waals surface area contributed by atoms with Crippen LogP contribution in [0.2, 0.25) is 0 Å². The molecule has 6 nitrogen and oxygen atoms in total. The number of nitrogens with zero attached hydrogens (tertiary/aromatic N) is 5. The van der Waals surface area contributed by atoms with Crippen LogP contribution in [0.3, 0.4) is 0 Å². The molecule has 0 spiro atoms. The summed E-state index contributed by atoms with van der Waals surface area (Å²) in [6, 6.07) is 7.02. The van der Waals surface area contributed by atoms with Gasteiger partial charge in [0, 0.05) is 54.2 Å². The van der Waals surface area contributed by atoms with Gasteiger partial charge in [-0.25, -0.2) is 9.37 Å². The Morgan fingerprint density at radius 1 is 1.05 bits per heavy atom. The first-order valence-corrected chi connectivity index (χ1v) is 11.2. The van der Waals surface area contributed by atoms with E-state index < -0.39 is 17.7 Å². The van der Waals surface area contributed by atoms with E-state index in [0.717, 1.165) is 34.3 Å². The zero-order chi connectivity index (χ0) is 26.6. The molecule has 0 radical (unpaired) electrons. The fraction of sp³-hybridized carbons (Fsp3) is 0.148. The van der Waals surface area contributed by atoms with Gasteiger partial charge in [-0.15, -0.1) is 0 Å². The first-order chi connectivity index (χ1) is 17.7. The Morgan fingerprint density at radius 3 is 2.57 bits per heavy atom. The average Bonchev–Trinajstić information content (AvgIpc) is 2.86. The molecule has 4 rings (SSSR count). The first kappa shape index (κ1) is 25.6. The van der Waals surface area contributed by atoms with E-state index in [9.17, 15) is 17.6 Å². The van der Waals surface area contributed by atoms with Crippen LogP contribution in [0.25, 0.3) is 27.6 Å². The van der Waals surface area contributed by atoms with Gasteiger partial charge < -0.3 is 5.32 Å². The van der Waals surface area contributed by atoms with Crippen molar-refractivity contribution in [1.82, 2.24) is 19.9 Å². The molecule has 4 aromatic rings. The van der Waals surface area contributed by atoms with Crippen molar-refractivity contribution in [2.45, 2.75) is 26.6 Å². The van der Waals surface area contributed by atoms with Crippen LogP contribution in [0, 0.1) is 5.82 Å². The van der Waals surface area contributed by atoms with Crippen LogP contribution in [0.1, 0.15) is 30.8 Å². The van der Waals surface area contributed by atoms with Crippen LogP contribution >= 0.6 is 0 Å². The van der Waals surface area contributed by atoms with Gasteiger partial charge in [0.2, 0.25) is 0 Å². The van der Waals surface area contributed by atoms with E-state index in [1.165, 1.54) is 18.3 Å². The fourth-order valence-electron chi connectivity index (χ4n) is 3.66. The second-order valence-corrected chi connectivity index (χ2v) is 8.10. The van der Waals surface area contributed by atoms with Crippen LogP contribution in [0.4, 0.5) is 23.4 Å². The topological polar surface area (TPSA) is 76.0 Å². The van der Waals surface area contributed by atoms with E-state index in [4.69, 9.17) is 0 Å². The summed E-state index contributed by atoms with van der Waals surface area (Å²) < 4.78 is 53.6. The number of alkyl halides is 3. The Hall–Kier alpha value is -4.47. The molecule has 0 aliphatic rings. The van der Waals surface area contributed by atoms with Gasteiger partial charge in [0.15, 0.2) is 0 Å². The third-order valence-corrected chi connectivity index (χ3v) is 5.38. The normalized spacial score (nSPS) is 12.3. The van der Waals surface area contributed by atoms with Crippen LogP contribution in [0.15, 0.2) is 78.5 Å². The minimum Gasteiger partial charge on any atom is -0.365 e.